The summed E-state index contributed by atoms with van der Waals surface area (Å²) < 4.78 is 7.55. The molecule has 5 heteroatoms. The Hall–Kier alpha value is -1.62. The molecule has 1 saturated heterocycles. The van der Waals surface area contributed by atoms with Crippen LogP contribution >= 0.6 is 11.8 Å². The van der Waals surface area contributed by atoms with Crippen LogP contribution in [0, 0.1) is 0 Å². The SMILES string of the molecule is COc1cccc2ccn(CCC(=O)N3CCSCC3)c12. The molecule has 1 aromatic carbocycles. The zero-order valence-corrected chi connectivity index (χ0v) is 13.1. The molecule has 0 aliphatic carbocycles. The first-order chi connectivity index (χ1) is 10.3. The normalized spacial score (nSPS) is 15.4. The fourth-order valence-corrected chi connectivity index (χ4v) is 3.67. The van der Waals surface area contributed by atoms with Crippen LogP contribution in [0.3, 0.4) is 0 Å². The number of aromatic nitrogens is 1. The minimum atomic E-state index is 0.257. The number of benzene rings is 1. The molecule has 1 aliphatic rings. The predicted molar refractivity (Wildman–Crippen MR) is 87.0 cm³/mol. The van der Waals surface area contributed by atoms with E-state index in [1.54, 1.807) is 7.11 Å². The average molecular weight is 304 g/mol. The fraction of sp³-hybridized carbons (Fsp3) is 0.438. The number of aryl methyl sites for hydroxylation is 1. The van der Waals surface area contributed by atoms with Gasteiger partial charge in [-0.3, -0.25) is 4.79 Å². The molecule has 0 atom stereocenters. The highest BCUT2D eigenvalue weighted by molar-refractivity contribution is 7.99. The summed E-state index contributed by atoms with van der Waals surface area (Å²) in [6.45, 7) is 2.48. The molecule has 0 bridgehead atoms. The first-order valence-electron chi connectivity index (χ1n) is 7.27. The van der Waals surface area contributed by atoms with Crippen molar-refractivity contribution >= 4 is 28.6 Å². The molecule has 1 amide bonds. The van der Waals surface area contributed by atoms with Gasteiger partial charge in [0.2, 0.25) is 5.91 Å². The summed E-state index contributed by atoms with van der Waals surface area (Å²) in [7, 11) is 1.68. The monoisotopic (exact) mass is 304 g/mol. The number of thioether (sulfide) groups is 1. The summed E-state index contributed by atoms with van der Waals surface area (Å²) in [6, 6.07) is 8.09. The second-order valence-electron chi connectivity index (χ2n) is 5.15. The Bertz CT molecular complexity index is 632. The van der Waals surface area contributed by atoms with Gasteiger partial charge in [0.1, 0.15) is 5.75 Å². The molecule has 1 aliphatic heterocycles. The third kappa shape index (κ3) is 3.02. The maximum Gasteiger partial charge on any atom is 0.224 e. The van der Waals surface area contributed by atoms with E-state index < -0.39 is 0 Å². The highest BCUT2D eigenvalue weighted by atomic mass is 32.2. The minimum absolute atomic E-state index is 0.257. The molecule has 0 spiro atoms. The smallest absolute Gasteiger partial charge is 0.224 e. The molecule has 3 rings (SSSR count). The van der Waals surface area contributed by atoms with Crippen LogP contribution in [0.5, 0.6) is 5.75 Å². The first kappa shape index (κ1) is 14.3. The Kier molecular flexibility index (Phi) is 4.39. The standard InChI is InChI=1S/C16H20N2O2S/c1-20-14-4-2-3-13-5-7-18(16(13)14)8-6-15(19)17-9-11-21-12-10-17/h2-5,7H,6,8-12H2,1H3. The van der Waals surface area contributed by atoms with Gasteiger partial charge in [0.25, 0.3) is 0 Å². The number of hydrogen-bond donors (Lipinski definition) is 0. The van der Waals surface area contributed by atoms with Crippen molar-refractivity contribution in [1.29, 1.82) is 0 Å². The van der Waals surface area contributed by atoms with Crippen LogP contribution in [0.4, 0.5) is 0 Å². The predicted octanol–water partition coefficient (Wildman–Crippen LogP) is 2.62. The van der Waals surface area contributed by atoms with E-state index in [1.165, 1.54) is 0 Å². The van der Waals surface area contributed by atoms with Crippen LogP contribution in [0.15, 0.2) is 30.5 Å². The lowest BCUT2D eigenvalue weighted by Crippen LogP contribution is -2.38. The summed E-state index contributed by atoms with van der Waals surface area (Å²) in [5.41, 5.74) is 1.07. The van der Waals surface area contributed by atoms with E-state index in [9.17, 15) is 4.79 Å². The van der Waals surface area contributed by atoms with E-state index >= 15 is 0 Å². The molecule has 1 fully saturated rings. The van der Waals surface area contributed by atoms with Gasteiger partial charge in [0, 0.05) is 49.1 Å². The van der Waals surface area contributed by atoms with Crippen molar-refractivity contribution in [2.75, 3.05) is 31.7 Å². The van der Waals surface area contributed by atoms with E-state index in [4.69, 9.17) is 4.74 Å². The number of nitrogens with zero attached hydrogens (tertiary/aromatic N) is 2. The van der Waals surface area contributed by atoms with Gasteiger partial charge in [-0.15, -0.1) is 0 Å². The molecule has 1 aromatic heterocycles. The fourth-order valence-electron chi connectivity index (χ4n) is 2.76. The maximum absolute atomic E-state index is 12.3. The van der Waals surface area contributed by atoms with Gasteiger partial charge >= 0.3 is 0 Å². The quantitative estimate of drug-likeness (QED) is 0.871. The van der Waals surface area contributed by atoms with E-state index in [0.29, 0.717) is 13.0 Å². The van der Waals surface area contributed by atoms with Gasteiger partial charge in [0.15, 0.2) is 0 Å². The van der Waals surface area contributed by atoms with E-state index in [1.807, 2.05) is 35.0 Å². The van der Waals surface area contributed by atoms with Crippen LogP contribution in [-0.2, 0) is 11.3 Å². The first-order valence-corrected chi connectivity index (χ1v) is 8.42. The third-order valence-corrected chi connectivity index (χ3v) is 4.84. The molecule has 0 saturated carbocycles. The number of hydrogen-bond acceptors (Lipinski definition) is 3. The van der Waals surface area contributed by atoms with E-state index in [-0.39, 0.29) is 5.91 Å². The van der Waals surface area contributed by atoms with Gasteiger partial charge in [-0.1, -0.05) is 12.1 Å². The molecule has 0 radical (unpaired) electrons. The number of ether oxygens (including phenoxy) is 1. The molecular formula is C16H20N2O2S. The van der Waals surface area contributed by atoms with Gasteiger partial charge in [-0.25, -0.2) is 0 Å². The molecule has 112 valence electrons. The van der Waals surface area contributed by atoms with Gasteiger partial charge in [0.05, 0.1) is 12.6 Å². The second-order valence-corrected chi connectivity index (χ2v) is 6.38. The van der Waals surface area contributed by atoms with Crippen molar-refractivity contribution in [3.8, 4) is 5.75 Å². The Morgan fingerprint density at radius 1 is 1.29 bits per heavy atom. The Labute approximate surface area is 129 Å². The number of fused-ring (bicyclic) bond motifs is 1. The summed E-state index contributed by atoms with van der Waals surface area (Å²) >= 11 is 1.92. The van der Waals surface area contributed by atoms with Crippen molar-refractivity contribution in [1.82, 2.24) is 9.47 Å². The van der Waals surface area contributed by atoms with E-state index in [2.05, 4.69) is 16.7 Å². The topological polar surface area (TPSA) is 34.5 Å². The van der Waals surface area contributed by atoms with Gasteiger partial charge in [-0.2, -0.15) is 11.8 Å². The van der Waals surface area contributed by atoms with Crippen molar-refractivity contribution in [2.24, 2.45) is 0 Å². The van der Waals surface area contributed by atoms with Gasteiger partial charge < -0.3 is 14.2 Å². The van der Waals surface area contributed by atoms with Crippen LogP contribution in [0.2, 0.25) is 0 Å². The second kappa shape index (κ2) is 6.43. The summed E-state index contributed by atoms with van der Waals surface area (Å²) in [4.78, 5) is 14.2. The van der Waals surface area contributed by atoms with Gasteiger partial charge in [-0.05, 0) is 12.1 Å². The summed E-state index contributed by atoms with van der Waals surface area (Å²) in [5.74, 6) is 3.24. The molecule has 21 heavy (non-hydrogen) atoms. The lowest BCUT2D eigenvalue weighted by molar-refractivity contribution is -0.131. The summed E-state index contributed by atoms with van der Waals surface area (Å²) in [5, 5.41) is 1.15. The number of carbonyl (C=O) groups is 1. The molecule has 2 heterocycles. The maximum atomic E-state index is 12.3. The van der Waals surface area contributed by atoms with Crippen LogP contribution in [0.25, 0.3) is 10.9 Å². The third-order valence-electron chi connectivity index (χ3n) is 3.90. The highest BCUT2D eigenvalue weighted by Gasteiger charge is 2.17. The molecule has 4 nitrogen and oxygen atoms in total. The summed E-state index contributed by atoms with van der Waals surface area (Å²) in [6.07, 6.45) is 2.58. The average Bonchev–Trinajstić information content (AvgIpc) is 2.96. The molecule has 0 N–H and O–H groups in total. The lowest BCUT2D eigenvalue weighted by atomic mass is 10.2. The van der Waals surface area contributed by atoms with Crippen molar-refractivity contribution in [3.63, 3.8) is 0 Å². The number of methoxy groups -OCH3 is 1. The number of para-hydroxylation sites is 1. The number of rotatable bonds is 4. The Balaban J connectivity index is 1.71. The van der Waals surface area contributed by atoms with Crippen molar-refractivity contribution in [2.45, 2.75) is 13.0 Å². The highest BCUT2D eigenvalue weighted by Crippen LogP contribution is 2.26. The Morgan fingerprint density at radius 2 is 2.10 bits per heavy atom. The zero-order chi connectivity index (χ0) is 14.7. The molecule has 0 unspecified atom stereocenters. The number of amides is 1. The van der Waals surface area contributed by atoms with E-state index in [0.717, 1.165) is 41.2 Å². The molecular weight excluding hydrogens is 284 g/mol. The largest absolute Gasteiger partial charge is 0.495 e. The van der Waals surface area contributed by atoms with Crippen LogP contribution < -0.4 is 4.74 Å². The molecule has 2 aromatic rings. The van der Waals surface area contributed by atoms with Crippen LogP contribution in [0.1, 0.15) is 6.42 Å². The Morgan fingerprint density at radius 3 is 2.86 bits per heavy atom. The zero-order valence-electron chi connectivity index (χ0n) is 12.2. The van der Waals surface area contributed by atoms with Crippen molar-refractivity contribution < 1.29 is 9.53 Å². The lowest BCUT2D eigenvalue weighted by Gasteiger charge is -2.26. The minimum Gasteiger partial charge on any atom is -0.495 e. The number of carbonyl (C=O) groups excluding carboxylic acids is 1. The van der Waals surface area contributed by atoms with Crippen molar-refractivity contribution in [3.05, 3.63) is 30.5 Å². The van der Waals surface area contributed by atoms with Crippen LogP contribution in [-0.4, -0.2) is 47.1 Å².